The van der Waals surface area contributed by atoms with Crippen molar-refractivity contribution in [2.75, 3.05) is 23.4 Å². The molecule has 3 rings (SSSR count). The first-order valence-electron chi connectivity index (χ1n) is 9.64. The Labute approximate surface area is 196 Å². The monoisotopic (exact) mass is 488 g/mol. The van der Waals surface area contributed by atoms with E-state index >= 15 is 0 Å². The first-order chi connectivity index (χ1) is 15.7. The summed E-state index contributed by atoms with van der Waals surface area (Å²) in [6, 6.07) is 19.0. The molecule has 10 heteroatoms. The molecule has 0 heterocycles. The number of rotatable bonds is 8. The molecule has 0 radical (unpaired) electrons. The van der Waals surface area contributed by atoms with E-state index in [1.54, 1.807) is 42.5 Å². The number of hydrogen-bond acceptors (Lipinski definition) is 6. The third-order valence-electron chi connectivity index (χ3n) is 4.39. The Balaban J connectivity index is 1.84. The van der Waals surface area contributed by atoms with Crippen molar-refractivity contribution in [2.45, 2.75) is 6.10 Å². The lowest BCUT2D eigenvalue weighted by Gasteiger charge is -2.19. The van der Waals surface area contributed by atoms with Crippen LogP contribution in [0.25, 0.3) is 0 Å². The SMILES string of the molecule is COc1ccc(NC(=O)C(OC(=O)c2cccc(NS(C)(=O)=O)c2)c2ccccc2)cc1Cl. The number of amides is 1. The molecule has 0 spiro atoms. The highest BCUT2D eigenvalue weighted by Crippen LogP contribution is 2.28. The van der Waals surface area contributed by atoms with E-state index in [4.69, 9.17) is 21.1 Å². The van der Waals surface area contributed by atoms with Crippen molar-refractivity contribution in [2.24, 2.45) is 0 Å². The number of carbonyl (C=O) groups is 2. The molecule has 1 unspecified atom stereocenters. The van der Waals surface area contributed by atoms with Crippen LogP contribution >= 0.6 is 11.6 Å². The predicted molar refractivity (Wildman–Crippen MR) is 126 cm³/mol. The Kier molecular flexibility index (Phi) is 7.57. The van der Waals surface area contributed by atoms with Gasteiger partial charge in [0.25, 0.3) is 5.91 Å². The summed E-state index contributed by atoms with van der Waals surface area (Å²) in [7, 11) is -2.05. The number of carbonyl (C=O) groups excluding carboxylic acids is 2. The van der Waals surface area contributed by atoms with Crippen LogP contribution in [0, 0.1) is 0 Å². The lowest BCUT2D eigenvalue weighted by molar-refractivity contribution is -0.125. The van der Waals surface area contributed by atoms with Crippen LogP contribution < -0.4 is 14.8 Å². The van der Waals surface area contributed by atoms with Crippen molar-refractivity contribution in [1.29, 1.82) is 0 Å². The van der Waals surface area contributed by atoms with Crippen LogP contribution in [0.4, 0.5) is 11.4 Å². The number of benzene rings is 3. The second-order valence-corrected chi connectivity index (χ2v) is 9.15. The molecule has 0 bridgehead atoms. The van der Waals surface area contributed by atoms with Crippen molar-refractivity contribution in [3.05, 3.63) is 88.9 Å². The highest BCUT2D eigenvalue weighted by atomic mass is 35.5. The molecule has 0 aromatic heterocycles. The minimum Gasteiger partial charge on any atom is -0.495 e. The van der Waals surface area contributed by atoms with E-state index in [0.717, 1.165) is 6.26 Å². The first-order valence-corrected chi connectivity index (χ1v) is 11.9. The zero-order chi connectivity index (χ0) is 24.0. The Hall–Kier alpha value is -3.56. The van der Waals surface area contributed by atoms with E-state index in [2.05, 4.69) is 10.0 Å². The molecule has 33 heavy (non-hydrogen) atoms. The minimum absolute atomic E-state index is 0.0740. The molecule has 0 saturated carbocycles. The largest absolute Gasteiger partial charge is 0.495 e. The molecule has 3 aromatic carbocycles. The fourth-order valence-corrected chi connectivity index (χ4v) is 3.76. The van der Waals surface area contributed by atoms with Crippen LogP contribution in [-0.2, 0) is 19.6 Å². The summed E-state index contributed by atoms with van der Waals surface area (Å²) in [6.07, 6.45) is -0.273. The standard InChI is InChI=1S/C23H21ClN2O6S/c1-31-20-12-11-17(14-19(20)24)25-22(27)21(15-7-4-3-5-8-15)32-23(28)16-9-6-10-18(13-16)26-33(2,29)30/h3-14,21,26H,1-2H3,(H,25,27). The zero-order valence-electron chi connectivity index (χ0n) is 17.7. The molecule has 2 N–H and O–H groups in total. The zero-order valence-corrected chi connectivity index (χ0v) is 19.3. The molecule has 172 valence electrons. The van der Waals surface area contributed by atoms with Gasteiger partial charge >= 0.3 is 5.97 Å². The molecular formula is C23H21ClN2O6S. The maximum Gasteiger partial charge on any atom is 0.339 e. The van der Waals surface area contributed by atoms with Crippen molar-refractivity contribution >= 4 is 44.9 Å². The molecule has 3 aromatic rings. The number of ether oxygens (including phenoxy) is 2. The Bertz CT molecular complexity index is 1260. The molecule has 8 nitrogen and oxygen atoms in total. The first kappa shape index (κ1) is 24.1. The molecule has 0 aliphatic heterocycles. The van der Waals surface area contributed by atoms with Gasteiger partial charge in [-0.2, -0.15) is 0 Å². The fourth-order valence-electron chi connectivity index (χ4n) is 2.95. The highest BCUT2D eigenvalue weighted by Gasteiger charge is 2.26. The summed E-state index contributed by atoms with van der Waals surface area (Å²) in [5, 5.41) is 2.99. The summed E-state index contributed by atoms with van der Waals surface area (Å²) in [5.74, 6) is -0.951. The average molecular weight is 489 g/mol. The van der Waals surface area contributed by atoms with Crippen molar-refractivity contribution in [1.82, 2.24) is 0 Å². The van der Waals surface area contributed by atoms with E-state index < -0.39 is 28.0 Å². The van der Waals surface area contributed by atoms with E-state index in [1.165, 1.54) is 37.4 Å². The van der Waals surface area contributed by atoms with Crippen LogP contribution in [0.5, 0.6) is 5.75 Å². The van der Waals surface area contributed by atoms with Gasteiger partial charge in [-0.15, -0.1) is 0 Å². The van der Waals surface area contributed by atoms with Crippen LogP contribution in [-0.4, -0.2) is 33.7 Å². The van der Waals surface area contributed by atoms with Gasteiger partial charge in [-0.25, -0.2) is 13.2 Å². The van der Waals surface area contributed by atoms with Gasteiger partial charge in [-0.1, -0.05) is 48.0 Å². The second-order valence-electron chi connectivity index (χ2n) is 6.99. The molecule has 1 atom stereocenters. The van der Waals surface area contributed by atoms with Crippen LogP contribution in [0.1, 0.15) is 22.0 Å². The summed E-state index contributed by atoms with van der Waals surface area (Å²) in [6.45, 7) is 0. The Morgan fingerprint density at radius 2 is 1.67 bits per heavy atom. The Morgan fingerprint density at radius 3 is 2.30 bits per heavy atom. The average Bonchev–Trinajstić information content (AvgIpc) is 2.77. The lowest BCUT2D eigenvalue weighted by Crippen LogP contribution is -2.26. The van der Waals surface area contributed by atoms with Gasteiger partial charge in [-0.05, 0) is 36.4 Å². The third-order valence-corrected chi connectivity index (χ3v) is 5.29. The minimum atomic E-state index is -3.53. The number of methoxy groups -OCH3 is 1. The van der Waals surface area contributed by atoms with E-state index in [1.807, 2.05) is 0 Å². The lowest BCUT2D eigenvalue weighted by atomic mass is 10.1. The molecule has 0 aliphatic rings. The summed E-state index contributed by atoms with van der Waals surface area (Å²) in [4.78, 5) is 25.9. The smallest absolute Gasteiger partial charge is 0.339 e. The number of nitrogens with one attached hydrogen (secondary N) is 2. The topological polar surface area (TPSA) is 111 Å². The highest BCUT2D eigenvalue weighted by molar-refractivity contribution is 7.92. The number of hydrogen-bond donors (Lipinski definition) is 2. The normalized spacial score (nSPS) is 11.8. The fraction of sp³-hybridized carbons (Fsp3) is 0.130. The number of sulfonamides is 1. The number of anilines is 2. The molecular weight excluding hydrogens is 468 g/mol. The van der Waals surface area contributed by atoms with Gasteiger partial charge in [0, 0.05) is 16.9 Å². The molecule has 0 aliphatic carbocycles. The van der Waals surface area contributed by atoms with Gasteiger partial charge in [-0.3, -0.25) is 9.52 Å². The third kappa shape index (κ3) is 6.71. The molecule has 0 saturated heterocycles. The van der Waals surface area contributed by atoms with Crippen molar-refractivity contribution < 1.29 is 27.5 Å². The van der Waals surface area contributed by atoms with Gasteiger partial charge in [0.05, 0.1) is 24.0 Å². The summed E-state index contributed by atoms with van der Waals surface area (Å²) >= 11 is 6.12. The number of esters is 1. The van der Waals surface area contributed by atoms with Gasteiger partial charge < -0.3 is 14.8 Å². The van der Waals surface area contributed by atoms with Crippen LogP contribution in [0.15, 0.2) is 72.8 Å². The van der Waals surface area contributed by atoms with Crippen molar-refractivity contribution in [3.63, 3.8) is 0 Å². The predicted octanol–water partition coefficient (Wildman–Crippen LogP) is 4.26. The summed E-state index contributed by atoms with van der Waals surface area (Å²) < 4.78 is 35.9. The summed E-state index contributed by atoms with van der Waals surface area (Å²) in [5.41, 5.74) is 1.11. The van der Waals surface area contributed by atoms with Gasteiger partial charge in [0.1, 0.15) is 5.75 Å². The molecule has 0 fully saturated rings. The van der Waals surface area contributed by atoms with Crippen molar-refractivity contribution in [3.8, 4) is 5.75 Å². The second kappa shape index (κ2) is 10.4. The van der Waals surface area contributed by atoms with E-state index in [-0.39, 0.29) is 11.3 Å². The van der Waals surface area contributed by atoms with Crippen LogP contribution in [0.2, 0.25) is 5.02 Å². The maximum absolute atomic E-state index is 13.0. The molecule has 1 amide bonds. The quantitative estimate of drug-likeness (QED) is 0.458. The van der Waals surface area contributed by atoms with E-state index in [9.17, 15) is 18.0 Å². The Morgan fingerprint density at radius 1 is 0.939 bits per heavy atom. The van der Waals surface area contributed by atoms with Gasteiger partial charge in [0.2, 0.25) is 16.1 Å². The van der Waals surface area contributed by atoms with Gasteiger partial charge in [0.15, 0.2) is 0 Å². The van der Waals surface area contributed by atoms with E-state index in [0.29, 0.717) is 22.0 Å². The van der Waals surface area contributed by atoms with Crippen LogP contribution in [0.3, 0.4) is 0 Å². The number of halogens is 1. The maximum atomic E-state index is 13.0.